The van der Waals surface area contributed by atoms with E-state index in [1.807, 2.05) is 0 Å². The molecule has 1 N–H and O–H groups in total. The molecule has 0 aliphatic carbocycles. The highest BCUT2D eigenvalue weighted by Gasteiger charge is 2.19. The first-order chi connectivity index (χ1) is 7.49. The van der Waals surface area contributed by atoms with Crippen LogP contribution in [0.5, 0.6) is 0 Å². The van der Waals surface area contributed by atoms with Gasteiger partial charge in [-0.15, -0.1) is 0 Å². The summed E-state index contributed by atoms with van der Waals surface area (Å²) in [5.41, 5.74) is 0.347. The molecule has 96 valence electrons. The summed E-state index contributed by atoms with van der Waals surface area (Å²) in [6.45, 7) is 8.88. The molecule has 3 heteroatoms. The van der Waals surface area contributed by atoms with Crippen molar-refractivity contribution in [2.45, 2.75) is 39.2 Å². The summed E-state index contributed by atoms with van der Waals surface area (Å²) in [6.07, 6.45) is 4.18. The maximum Gasteiger partial charge on any atom is 0.0588 e. The Hall–Kier alpha value is -0.120. The molecular formula is C13H28N2O. The second kappa shape index (κ2) is 6.58. The quantitative estimate of drug-likeness (QED) is 0.672. The summed E-state index contributed by atoms with van der Waals surface area (Å²) in [4.78, 5) is 2.25. The number of ether oxygens (including phenoxy) is 1. The first-order valence-corrected chi connectivity index (χ1v) is 6.47. The van der Waals surface area contributed by atoms with Gasteiger partial charge in [-0.1, -0.05) is 13.8 Å². The van der Waals surface area contributed by atoms with E-state index in [-0.39, 0.29) is 0 Å². The summed E-state index contributed by atoms with van der Waals surface area (Å²) in [5, 5.41) is 3.55. The zero-order chi connectivity index (χ0) is 12.0. The monoisotopic (exact) mass is 228 g/mol. The molecule has 0 amide bonds. The number of hydrogen-bond acceptors (Lipinski definition) is 3. The maximum absolute atomic E-state index is 5.60. The molecule has 1 heterocycles. The second-order valence-electron chi connectivity index (χ2n) is 6.00. The highest BCUT2D eigenvalue weighted by Crippen LogP contribution is 2.16. The molecule has 0 spiro atoms. The molecule has 3 nitrogen and oxygen atoms in total. The van der Waals surface area contributed by atoms with Crippen molar-refractivity contribution in [1.29, 1.82) is 0 Å². The minimum atomic E-state index is 0.347. The average molecular weight is 228 g/mol. The molecule has 0 bridgehead atoms. The molecule has 0 saturated carbocycles. The standard InChI is InChI=1S/C13H28N2O/c1-13(2,11-15(3)4)10-14-8-7-12-6-5-9-16-12/h12,14H,5-11H2,1-4H3. The lowest BCUT2D eigenvalue weighted by molar-refractivity contribution is 0.103. The van der Waals surface area contributed by atoms with Crippen molar-refractivity contribution in [3.63, 3.8) is 0 Å². The lowest BCUT2D eigenvalue weighted by atomic mass is 9.93. The number of nitrogens with one attached hydrogen (secondary N) is 1. The Kier molecular flexibility index (Phi) is 5.73. The largest absolute Gasteiger partial charge is 0.378 e. The highest BCUT2D eigenvalue weighted by molar-refractivity contribution is 4.75. The first-order valence-electron chi connectivity index (χ1n) is 6.47. The zero-order valence-electron chi connectivity index (χ0n) is 11.4. The Morgan fingerprint density at radius 2 is 2.12 bits per heavy atom. The van der Waals surface area contributed by atoms with Crippen molar-refractivity contribution in [3.8, 4) is 0 Å². The van der Waals surface area contributed by atoms with Crippen LogP contribution < -0.4 is 5.32 Å². The van der Waals surface area contributed by atoms with Crippen molar-refractivity contribution >= 4 is 0 Å². The second-order valence-corrected chi connectivity index (χ2v) is 6.00. The molecule has 16 heavy (non-hydrogen) atoms. The zero-order valence-corrected chi connectivity index (χ0v) is 11.4. The van der Waals surface area contributed by atoms with E-state index < -0.39 is 0 Å². The smallest absolute Gasteiger partial charge is 0.0588 e. The fourth-order valence-corrected chi connectivity index (χ4v) is 2.47. The van der Waals surface area contributed by atoms with Gasteiger partial charge in [0.1, 0.15) is 0 Å². The fourth-order valence-electron chi connectivity index (χ4n) is 2.47. The Bertz CT molecular complexity index is 186. The molecule has 0 aromatic heterocycles. The van der Waals surface area contributed by atoms with Crippen LogP contribution in [0.4, 0.5) is 0 Å². The molecular weight excluding hydrogens is 200 g/mol. The van der Waals surface area contributed by atoms with Crippen LogP contribution in [0.3, 0.4) is 0 Å². The van der Waals surface area contributed by atoms with Crippen LogP contribution in [0.1, 0.15) is 33.1 Å². The predicted molar refractivity (Wildman–Crippen MR) is 68.8 cm³/mol. The van der Waals surface area contributed by atoms with Gasteiger partial charge < -0.3 is 15.0 Å². The third-order valence-electron chi connectivity index (χ3n) is 3.01. The van der Waals surface area contributed by atoms with Gasteiger partial charge >= 0.3 is 0 Å². The van der Waals surface area contributed by atoms with Gasteiger partial charge in [0.05, 0.1) is 6.10 Å². The van der Waals surface area contributed by atoms with E-state index in [1.54, 1.807) is 0 Å². The summed E-state index contributed by atoms with van der Waals surface area (Å²) >= 11 is 0. The van der Waals surface area contributed by atoms with Crippen LogP contribution in [0.15, 0.2) is 0 Å². The van der Waals surface area contributed by atoms with E-state index in [2.05, 4.69) is 38.2 Å². The highest BCUT2D eigenvalue weighted by atomic mass is 16.5. The average Bonchev–Trinajstić information content (AvgIpc) is 2.62. The van der Waals surface area contributed by atoms with Crippen molar-refractivity contribution in [3.05, 3.63) is 0 Å². The molecule has 1 saturated heterocycles. The van der Waals surface area contributed by atoms with Gasteiger partial charge in [-0.05, 0) is 45.3 Å². The molecule has 0 aromatic rings. The molecule has 1 unspecified atom stereocenters. The van der Waals surface area contributed by atoms with Crippen molar-refractivity contribution < 1.29 is 4.74 Å². The summed E-state index contributed by atoms with van der Waals surface area (Å²) in [5.74, 6) is 0. The van der Waals surface area contributed by atoms with Gasteiger partial charge in [-0.25, -0.2) is 0 Å². The van der Waals surface area contributed by atoms with Gasteiger partial charge in [-0.2, -0.15) is 0 Å². The van der Waals surface area contributed by atoms with Crippen molar-refractivity contribution in [2.24, 2.45) is 5.41 Å². The molecule has 0 aromatic carbocycles. The SMILES string of the molecule is CN(C)CC(C)(C)CNCCC1CCCO1. The van der Waals surface area contributed by atoms with Gasteiger partial charge in [-0.3, -0.25) is 0 Å². The third-order valence-corrected chi connectivity index (χ3v) is 3.01. The van der Waals surface area contributed by atoms with Crippen molar-refractivity contribution in [1.82, 2.24) is 10.2 Å². The van der Waals surface area contributed by atoms with E-state index in [4.69, 9.17) is 4.74 Å². The van der Waals surface area contributed by atoms with Gasteiger partial charge in [0, 0.05) is 19.7 Å². The molecule has 1 atom stereocenters. The van der Waals surface area contributed by atoms with E-state index in [9.17, 15) is 0 Å². The number of hydrogen-bond donors (Lipinski definition) is 1. The maximum atomic E-state index is 5.60. The number of nitrogens with zero attached hydrogens (tertiary/aromatic N) is 1. The minimum absolute atomic E-state index is 0.347. The van der Waals surface area contributed by atoms with Gasteiger partial charge in [0.15, 0.2) is 0 Å². The van der Waals surface area contributed by atoms with Crippen molar-refractivity contribution in [2.75, 3.05) is 40.3 Å². The Morgan fingerprint density at radius 1 is 1.38 bits per heavy atom. The summed E-state index contributed by atoms with van der Waals surface area (Å²) in [6, 6.07) is 0. The predicted octanol–water partition coefficient (Wildman–Crippen LogP) is 1.73. The Morgan fingerprint density at radius 3 is 2.69 bits per heavy atom. The molecule has 1 aliphatic heterocycles. The Labute approximate surface area is 101 Å². The Balaban J connectivity index is 2.04. The molecule has 1 rings (SSSR count). The summed E-state index contributed by atoms with van der Waals surface area (Å²) in [7, 11) is 4.27. The van der Waals surface area contributed by atoms with Gasteiger partial charge in [0.2, 0.25) is 0 Å². The van der Waals surface area contributed by atoms with Crippen LogP contribution in [0.2, 0.25) is 0 Å². The minimum Gasteiger partial charge on any atom is -0.378 e. The van der Waals surface area contributed by atoms with E-state index >= 15 is 0 Å². The molecule has 1 aliphatic rings. The normalized spacial score (nSPS) is 21.9. The fraction of sp³-hybridized carbons (Fsp3) is 1.00. The lowest BCUT2D eigenvalue weighted by Crippen LogP contribution is -2.38. The van der Waals surface area contributed by atoms with Crippen LogP contribution >= 0.6 is 0 Å². The molecule has 0 radical (unpaired) electrons. The van der Waals surface area contributed by atoms with Gasteiger partial charge in [0.25, 0.3) is 0 Å². The molecule has 1 fully saturated rings. The van der Waals surface area contributed by atoms with Crippen LogP contribution in [-0.4, -0.2) is 51.3 Å². The van der Waals surface area contributed by atoms with E-state index in [0.717, 1.165) is 32.7 Å². The van der Waals surface area contributed by atoms with E-state index in [0.29, 0.717) is 11.5 Å². The van der Waals surface area contributed by atoms with Crippen LogP contribution in [-0.2, 0) is 4.74 Å². The van der Waals surface area contributed by atoms with Crippen LogP contribution in [0, 0.1) is 5.41 Å². The summed E-state index contributed by atoms with van der Waals surface area (Å²) < 4.78 is 5.60. The van der Waals surface area contributed by atoms with Crippen LogP contribution in [0.25, 0.3) is 0 Å². The van der Waals surface area contributed by atoms with E-state index in [1.165, 1.54) is 12.8 Å². The topological polar surface area (TPSA) is 24.5 Å². The first kappa shape index (κ1) is 13.9. The lowest BCUT2D eigenvalue weighted by Gasteiger charge is -2.28. The third kappa shape index (κ3) is 5.83. The number of rotatable bonds is 7.